The van der Waals surface area contributed by atoms with Crippen molar-refractivity contribution in [1.29, 1.82) is 0 Å². The Morgan fingerprint density at radius 3 is 2.46 bits per heavy atom. The molecular formula is C25H34ClF4N5O2. The molecule has 1 aliphatic carbocycles. The first-order valence-electron chi connectivity index (χ1n) is 12.4. The van der Waals surface area contributed by atoms with E-state index >= 15 is 0 Å². The lowest BCUT2D eigenvalue weighted by atomic mass is 9.83. The summed E-state index contributed by atoms with van der Waals surface area (Å²) in [5.41, 5.74) is -1.56. The maximum absolute atomic E-state index is 14.0. The molecule has 7 nitrogen and oxygen atoms in total. The van der Waals surface area contributed by atoms with Gasteiger partial charge < -0.3 is 15.4 Å². The molecule has 0 aromatic carbocycles. The van der Waals surface area contributed by atoms with Gasteiger partial charge in [0, 0.05) is 32.3 Å². The highest BCUT2D eigenvalue weighted by molar-refractivity contribution is 6.36. The van der Waals surface area contributed by atoms with Crippen LogP contribution in [0.3, 0.4) is 0 Å². The standard InChI is InChI=1S/C25H34ClF4N5O2/c1-6-35-21(19(26)20(34-35)22(36)32-12-15-9-7-14(2)8-10-15)16-13-31-18(11-17(16)37-23(27)28)33-24(3,4)25(5,29)30/h11,13-15,23H,6-10,12H2,1-5H3,(H,31,33)(H,32,36). The van der Waals surface area contributed by atoms with Gasteiger partial charge in [-0.2, -0.15) is 13.9 Å². The zero-order valence-corrected chi connectivity index (χ0v) is 22.4. The second-order valence-corrected chi connectivity index (χ2v) is 10.6. The summed E-state index contributed by atoms with van der Waals surface area (Å²) in [6.07, 6.45) is 5.49. The average molecular weight is 548 g/mol. The summed E-state index contributed by atoms with van der Waals surface area (Å²) in [5.74, 6) is -2.98. The smallest absolute Gasteiger partial charge is 0.387 e. The summed E-state index contributed by atoms with van der Waals surface area (Å²) in [7, 11) is 0. The topological polar surface area (TPSA) is 81.1 Å². The summed E-state index contributed by atoms with van der Waals surface area (Å²) < 4.78 is 60.6. The highest BCUT2D eigenvalue weighted by Crippen LogP contribution is 2.39. The summed E-state index contributed by atoms with van der Waals surface area (Å²) in [4.78, 5) is 17.1. The number of rotatable bonds is 10. The number of pyridine rings is 1. The number of nitrogens with one attached hydrogen (secondary N) is 2. The van der Waals surface area contributed by atoms with Crippen LogP contribution in [-0.2, 0) is 6.54 Å². The zero-order chi connectivity index (χ0) is 27.5. The molecule has 2 heterocycles. The van der Waals surface area contributed by atoms with Crippen LogP contribution in [0.15, 0.2) is 12.3 Å². The summed E-state index contributed by atoms with van der Waals surface area (Å²) in [5, 5.41) is 9.71. The number of anilines is 1. The maximum Gasteiger partial charge on any atom is 0.387 e. The first-order valence-corrected chi connectivity index (χ1v) is 12.8. The molecule has 1 amide bonds. The minimum atomic E-state index is -3.20. The van der Waals surface area contributed by atoms with E-state index in [1.165, 1.54) is 24.7 Å². The van der Waals surface area contributed by atoms with E-state index in [2.05, 4.69) is 27.6 Å². The Hall–Kier alpha value is -2.56. The van der Waals surface area contributed by atoms with Gasteiger partial charge in [-0.05, 0) is 45.4 Å². The van der Waals surface area contributed by atoms with Gasteiger partial charge in [0.25, 0.3) is 11.8 Å². The zero-order valence-electron chi connectivity index (χ0n) is 21.7. The lowest BCUT2D eigenvalue weighted by Gasteiger charge is -2.33. The molecule has 0 spiro atoms. The quantitative estimate of drug-likeness (QED) is 0.327. The van der Waals surface area contributed by atoms with Gasteiger partial charge in [-0.1, -0.05) is 31.4 Å². The fourth-order valence-corrected chi connectivity index (χ4v) is 4.55. The summed E-state index contributed by atoms with van der Waals surface area (Å²) in [6, 6.07) is 1.10. The van der Waals surface area contributed by atoms with Crippen molar-refractivity contribution in [1.82, 2.24) is 20.1 Å². The number of ether oxygens (including phenoxy) is 1. The third kappa shape index (κ3) is 6.86. The first kappa shape index (κ1) is 29.0. The molecular weight excluding hydrogens is 514 g/mol. The van der Waals surface area contributed by atoms with Crippen molar-refractivity contribution >= 4 is 23.3 Å². The number of hydrogen-bond donors (Lipinski definition) is 2. The largest absolute Gasteiger partial charge is 0.434 e. The van der Waals surface area contributed by atoms with Gasteiger partial charge in [-0.3, -0.25) is 9.48 Å². The van der Waals surface area contributed by atoms with Crippen LogP contribution >= 0.6 is 11.6 Å². The third-order valence-corrected chi connectivity index (χ3v) is 7.33. The Labute approximate surface area is 219 Å². The predicted octanol–water partition coefficient (Wildman–Crippen LogP) is 6.62. The van der Waals surface area contributed by atoms with Crippen molar-refractivity contribution in [2.45, 2.75) is 84.9 Å². The Morgan fingerprint density at radius 2 is 1.89 bits per heavy atom. The number of hydrogen-bond acceptors (Lipinski definition) is 5. The SMILES string of the molecule is CCn1nc(C(=O)NCC2CCC(C)CC2)c(Cl)c1-c1cnc(NC(C)(C)C(C)(F)F)cc1OC(F)F. The number of nitrogens with zero attached hydrogens (tertiary/aromatic N) is 3. The molecule has 0 bridgehead atoms. The molecule has 2 N–H and O–H groups in total. The van der Waals surface area contributed by atoms with Crippen molar-refractivity contribution in [2.24, 2.45) is 11.8 Å². The van der Waals surface area contributed by atoms with Crippen molar-refractivity contribution < 1.29 is 27.1 Å². The van der Waals surface area contributed by atoms with Crippen LogP contribution in [0.1, 0.15) is 70.8 Å². The fourth-order valence-electron chi connectivity index (χ4n) is 4.23. The van der Waals surface area contributed by atoms with Gasteiger partial charge >= 0.3 is 6.61 Å². The molecule has 0 saturated heterocycles. The Morgan fingerprint density at radius 1 is 1.24 bits per heavy atom. The van der Waals surface area contributed by atoms with Gasteiger partial charge in [0.15, 0.2) is 5.69 Å². The normalized spacial score (nSPS) is 18.7. The van der Waals surface area contributed by atoms with Gasteiger partial charge in [0.05, 0.1) is 21.8 Å². The summed E-state index contributed by atoms with van der Waals surface area (Å²) >= 11 is 6.56. The van der Waals surface area contributed by atoms with E-state index in [1.807, 2.05) is 0 Å². The molecule has 1 aliphatic rings. The van der Waals surface area contributed by atoms with Gasteiger partial charge in [-0.15, -0.1) is 0 Å². The lowest BCUT2D eigenvalue weighted by molar-refractivity contribution is -0.0496. The van der Waals surface area contributed by atoms with Crippen molar-refractivity contribution in [3.63, 3.8) is 0 Å². The van der Waals surface area contributed by atoms with E-state index in [9.17, 15) is 22.4 Å². The van der Waals surface area contributed by atoms with E-state index in [0.29, 0.717) is 18.4 Å². The van der Waals surface area contributed by atoms with E-state index in [1.54, 1.807) is 6.92 Å². The van der Waals surface area contributed by atoms with Crippen LogP contribution in [0.4, 0.5) is 23.4 Å². The van der Waals surface area contributed by atoms with E-state index in [4.69, 9.17) is 16.3 Å². The molecule has 37 heavy (non-hydrogen) atoms. The molecule has 0 radical (unpaired) electrons. The Kier molecular flexibility index (Phi) is 8.97. The van der Waals surface area contributed by atoms with Gasteiger partial charge in [-0.25, -0.2) is 13.8 Å². The second-order valence-electron chi connectivity index (χ2n) is 10.2. The molecule has 1 saturated carbocycles. The molecule has 2 aromatic heterocycles. The summed E-state index contributed by atoms with van der Waals surface area (Å²) in [6.45, 7) is 4.80. The molecule has 0 atom stereocenters. The minimum Gasteiger partial charge on any atom is -0.434 e. The molecule has 0 aliphatic heterocycles. The van der Waals surface area contributed by atoms with Crippen LogP contribution in [0.2, 0.25) is 5.02 Å². The monoisotopic (exact) mass is 547 g/mol. The van der Waals surface area contributed by atoms with Crippen LogP contribution in [0.5, 0.6) is 5.75 Å². The Balaban J connectivity index is 1.92. The number of aryl methyl sites for hydroxylation is 1. The van der Waals surface area contributed by atoms with Crippen LogP contribution in [0, 0.1) is 11.8 Å². The molecule has 206 valence electrons. The molecule has 1 fully saturated rings. The van der Waals surface area contributed by atoms with Gasteiger partial charge in [0.2, 0.25) is 0 Å². The molecule has 0 unspecified atom stereocenters. The number of amides is 1. The highest BCUT2D eigenvalue weighted by atomic mass is 35.5. The average Bonchev–Trinajstić information content (AvgIpc) is 3.13. The van der Waals surface area contributed by atoms with Crippen LogP contribution in [-0.4, -0.2) is 45.3 Å². The van der Waals surface area contributed by atoms with E-state index in [-0.39, 0.29) is 40.1 Å². The van der Waals surface area contributed by atoms with Crippen molar-refractivity contribution in [2.75, 3.05) is 11.9 Å². The van der Waals surface area contributed by atoms with Gasteiger partial charge in [0.1, 0.15) is 11.6 Å². The molecule has 12 heteroatoms. The number of carbonyl (C=O) groups is 1. The van der Waals surface area contributed by atoms with Crippen LogP contribution in [0.25, 0.3) is 11.3 Å². The molecule has 3 rings (SSSR count). The predicted molar refractivity (Wildman–Crippen MR) is 135 cm³/mol. The first-order chi connectivity index (χ1) is 17.2. The van der Waals surface area contributed by atoms with Crippen molar-refractivity contribution in [3.05, 3.63) is 23.0 Å². The number of alkyl halides is 4. The number of aromatic nitrogens is 3. The highest BCUT2D eigenvalue weighted by Gasteiger charge is 2.42. The van der Waals surface area contributed by atoms with Crippen molar-refractivity contribution in [3.8, 4) is 17.0 Å². The van der Waals surface area contributed by atoms with Crippen LogP contribution < -0.4 is 15.4 Å². The Bertz CT molecular complexity index is 1100. The fraction of sp³-hybridized carbons (Fsp3) is 0.640. The number of halogens is 5. The number of carbonyl (C=O) groups excluding carboxylic acids is 1. The maximum atomic E-state index is 14.0. The lowest BCUT2D eigenvalue weighted by Crippen LogP contribution is -2.47. The third-order valence-electron chi connectivity index (χ3n) is 6.97. The minimum absolute atomic E-state index is 0.0420. The van der Waals surface area contributed by atoms with E-state index in [0.717, 1.165) is 38.7 Å². The molecule has 2 aromatic rings. The second kappa shape index (κ2) is 11.4. The van der Waals surface area contributed by atoms with E-state index < -0.39 is 24.0 Å².